The number of hydrogen-bond acceptors (Lipinski definition) is 3. The topological polar surface area (TPSA) is 57.1 Å². The minimum atomic E-state index is -0.384. The Hall–Kier alpha value is -2.44. The SMILES string of the molecule is CCNC(=NCc1ccc(F)c(CO)c1)N1CCC(COCc2ccccc2)C1. The zero-order chi connectivity index (χ0) is 20.5. The van der Waals surface area contributed by atoms with Crippen LogP contribution in [0.1, 0.15) is 30.0 Å². The fraction of sp³-hybridized carbons (Fsp3) is 0.435. The molecule has 2 aromatic rings. The first-order chi connectivity index (χ1) is 14.2. The number of benzene rings is 2. The molecule has 2 N–H and O–H groups in total. The van der Waals surface area contributed by atoms with Crippen LogP contribution in [-0.2, 0) is 24.5 Å². The molecule has 1 unspecified atom stereocenters. The van der Waals surface area contributed by atoms with Gasteiger partial charge in [-0.2, -0.15) is 0 Å². The van der Waals surface area contributed by atoms with E-state index in [2.05, 4.69) is 22.3 Å². The molecule has 1 atom stereocenters. The number of aliphatic imine (C=N–C) groups is 1. The van der Waals surface area contributed by atoms with Gasteiger partial charge >= 0.3 is 0 Å². The molecule has 0 aromatic heterocycles. The Balaban J connectivity index is 1.53. The molecule has 6 heteroatoms. The van der Waals surface area contributed by atoms with Crippen molar-refractivity contribution in [1.29, 1.82) is 0 Å². The van der Waals surface area contributed by atoms with Crippen LogP contribution in [0.25, 0.3) is 0 Å². The molecule has 5 nitrogen and oxygen atoms in total. The quantitative estimate of drug-likeness (QED) is 0.528. The van der Waals surface area contributed by atoms with Gasteiger partial charge in [-0.1, -0.05) is 36.4 Å². The third-order valence-electron chi connectivity index (χ3n) is 5.08. The van der Waals surface area contributed by atoms with Crippen molar-refractivity contribution < 1.29 is 14.2 Å². The Morgan fingerprint density at radius 2 is 2.07 bits per heavy atom. The van der Waals surface area contributed by atoms with Gasteiger partial charge in [0.2, 0.25) is 0 Å². The van der Waals surface area contributed by atoms with Gasteiger partial charge in [0.05, 0.1) is 26.4 Å². The molecule has 156 valence electrons. The van der Waals surface area contributed by atoms with E-state index in [0.29, 0.717) is 24.6 Å². The molecule has 1 fully saturated rings. The van der Waals surface area contributed by atoms with Crippen LogP contribution in [0.4, 0.5) is 4.39 Å². The number of likely N-dealkylation sites (tertiary alicyclic amines) is 1. The van der Waals surface area contributed by atoms with E-state index in [1.165, 1.54) is 11.6 Å². The van der Waals surface area contributed by atoms with E-state index in [4.69, 9.17) is 9.73 Å². The number of nitrogens with zero attached hydrogens (tertiary/aromatic N) is 2. The number of rotatable bonds is 8. The summed E-state index contributed by atoms with van der Waals surface area (Å²) in [6.45, 7) is 6.21. The van der Waals surface area contributed by atoms with E-state index < -0.39 is 0 Å². The summed E-state index contributed by atoms with van der Waals surface area (Å²) in [5.41, 5.74) is 2.38. The number of ether oxygens (including phenoxy) is 1. The van der Waals surface area contributed by atoms with Crippen LogP contribution in [0.3, 0.4) is 0 Å². The summed E-state index contributed by atoms with van der Waals surface area (Å²) in [4.78, 5) is 6.98. The fourth-order valence-electron chi connectivity index (χ4n) is 3.52. The highest BCUT2D eigenvalue weighted by molar-refractivity contribution is 5.80. The number of aliphatic hydroxyl groups is 1. The lowest BCUT2D eigenvalue weighted by Gasteiger charge is -2.21. The van der Waals surface area contributed by atoms with E-state index in [0.717, 1.165) is 44.2 Å². The number of aliphatic hydroxyl groups excluding tert-OH is 1. The van der Waals surface area contributed by atoms with E-state index in [9.17, 15) is 9.50 Å². The minimum Gasteiger partial charge on any atom is -0.392 e. The first-order valence-electron chi connectivity index (χ1n) is 10.2. The molecule has 29 heavy (non-hydrogen) atoms. The van der Waals surface area contributed by atoms with E-state index >= 15 is 0 Å². The van der Waals surface area contributed by atoms with Crippen molar-refractivity contribution >= 4 is 5.96 Å². The van der Waals surface area contributed by atoms with Gasteiger partial charge in [0.25, 0.3) is 0 Å². The molecule has 0 radical (unpaired) electrons. The van der Waals surface area contributed by atoms with Gasteiger partial charge in [0.15, 0.2) is 5.96 Å². The lowest BCUT2D eigenvalue weighted by Crippen LogP contribution is -2.40. The van der Waals surface area contributed by atoms with Crippen molar-refractivity contribution in [2.24, 2.45) is 10.9 Å². The fourth-order valence-corrected chi connectivity index (χ4v) is 3.52. The van der Waals surface area contributed by atoms with Gasteiger partial charge in [0, 0.05) is 31.1 Å². The van der Waals surface area contributed by atoms with Crippen LogP contribution in [0.15, 0.2) is 53.5 Å². The predicted molar refractivity (Wildman–Crippen MR) is 113 cm³/mol. The van der Waals surface area contributed by atoms with Gasteiger partial charge in [-0.3, -0.25) is 0 Å². The highest BCUT2D eigenvalue weighted by Crippen LogP contribution is 2.18. The number of halogens is 1. The third kappa shape index (κ3) is 6.27. The summed E-state index contributed by atoms with van der Waals surface area (Å²) in [5, 5.41) is 12.6. The molecular formula is C23H30FN3O2. The largest absolute Gasteiger partial charge is 0.392 e. The van der Waals surface area contributed by atoms with Crippen molar-refractivity contribution in [3.8, 4) is 0 Å². The van der Waals surface area contributed by atoms with Gasteiger partial charge in [-0.25, -0.2) is 9.38 Å². The minimum absolute atomic E-state index is 0.305. The second kappa shape index (κ2) is 10.9. The maximum absolute atomic E-state index is 13.6. The molecule has 1 saturated heterocycles. The lowest BCUT2D eigenvalue weighted by molar-refractivity contribution is 0.0906. The first-order valence-corrected chi connectivity index (χ1v) is 10.2. The second-order valence-corrected chi connectivity index (χ2v) is 7.36. The molecule has 0 spiro atoms. The molecule has 0 saturated carbocycles. The summed E-state index contributed by atoms with van der Waals surface area (Å²) >= 11 is 0. The van der Waals surface area contributed by atoms with Crippen LogP contribution in [0, 0.1) is 11.7 Å². The number of nitrogens with one attached hydrogen (secondary N) is 1. The van der Waals surface area contributed by atoms with Crippen molar-refractivity contribution in [2.45, 2.75) is 33.1 Å². The van der Waals surface area contributed by atoms with Crippen LogP contribution in [0.5, 0.6) is 0 Å². The van der Waals surface area contributed by atoms with Gasteiger partial charge in [0.1, 0.15) is 5.82 Å². The van der Waals surface area contributed by atoms with E-state index in [1.807, 2.05) is 25.1 Å². The standard InChI is InChI=1S/C23H30FN3O2/c1-2-25-23(26-13-19-8-9-22(24)21(12-19)15-28)27-11-10-20(14-27)17-29-16-18-6-4-3-5-7-18/h3-9,12,20,28H,2,10-11,13-17H2,1H3,(H,25,26). The van der Waals surface area contributed by atoms with Crippen LogP contribution in [0.2, 0.25) is 0 Å². The summed E-state index contributed by atoms with van der Waals surface area (Å²) in [6, 6.07) is 15.0. The zero-order valence-corrected chi connectivity index (χ0v) is 17.0. The summed E-state index contributed by atoms with van der Waals surface area (Å²) < 4.78 is 19.5. The van der Waals surface area contributed by atoms with E-state index in [-0.39, 0.29) is 12.4 Å². The van der Waals surface area contributed by atoms with Crippen molar-refractivity contribution in [3.05, 3.63) is 71.0 Å². The zero-order valence-electron chi connectivity index (χ0n) is 17.0. The van der Waals surface area contributed by atoms with Crippen molar-refractivity contribution in [2.75, 3.05) is 26.2 Å². The summed E-state index contributed by atoms with van der Waals surface area (Å²) in [5.74, 6) is 0.965. The maximum Gasteiger partial charge on any atom is 0.194 e. The smallest absolute Gasteiger partial charge is 0.194 e. The molecule has 0 aliphatic carbocycles. The first kappa shape index (κ1) is 21.3. The average Bonchev–Trinajstić information content (AvgIpc) is 3.21. The van der Waals surface area contributed by atoms with Gasteiger partial charge in [-0.05, 0) is 36.6 Å². The Morgan fingerprint density at radius 3 is 2.83 bits per heavy atom. The third-order valence-corrected chi connectivity index (χ3v) is 5.08. The van der Waals surface area contributed by atoms with Gasteiger partial charge in [-0.15, -0.1) is 0 Å². The van der Waals surface area contributed by atoms with Crippen LogP contribution >= 0.6 is 0 Å². The van der Waals surface area contributed by atoms with Gasteiger partial charge < -0.3 is 20.1 Å². The summed E-state index contributed by atoms with van der Waals surface area (Å²) in [7, 11) is 0. The number of guanidine groups is 1. The van der Waals surface area contributed by atoms with Crippen molar-refractivity contribution in [3.63, 3.8) is 0 Å². The van der Waals surface area contributed by atoms with Crippen LogP contribution in [-0.4, -0.2) is 42.2 Å². The lowest BCUT2D eigenvalue weighted by atomic mass is 10.1. The van der Waals surface area contributed by atoms with Crippen molar-refractivity contribution in [1.82, 2.24) is 10.2 Å². The molecule has 1 aliphatic heterocycles. The summed E-state index contributed by atoms with van der Waals surface area (Å²) in [6.07, 6.45) is 1.07. The monoisotopic (exact) mass is 399 g/mol. The Bertz CT molecular complexity index is 798. The number of hydrogen-bond donors (Lipinski definition) is 2. The Labute approximate surface area is 172 Å². The molecular weight excluding hydrogens is 369 g/mol. The van der Waals surface area contributed by atoms with Crippen LogP contribution < -0.4 is 5.32 Å². The highest BCUT2D eigenvalue weighted by atomic mass is 19.1. The average molecular weight is 400 g/mol. The second-order valence-electron chi connectivity index (χ2n) is 7.36. The molecule has 0 amide bonds. The molecule has 3 rings (SSSR count). The van der Waals surface area contributed by atoms with E-state index in [1.54, 1.807) is 12.1 Å². The molecule has 2 aromatic carbocycles. The Morgan fingerprint density at radius 1 is 1.24 bits per heavy atom. The predicted octanol–water partition coefficient (Wildman–Crippen LogP) is 3.32. The maximum atomic E-state index is 13.6. The molecule has 1 aliphatic rings. The molecule has 0 bridgehead atoms. The Kier molecular flexibility index (Phi) is 8.02. The molecule has 1 heterocycles. The highest BCUT2D eigenvalue weighted by Gasteiger charge is 2.25. The normalized spacial score (nSPS) is 17.0.